The Bertz CT molecular complexity index is 504. The summed E-state index contributed by atoms with van der Waals surface area (Å²) in [5, 5.41) is 9.38. The second kappa shape index (κ2) is 6.48. The summed E-state index contributed by atoms with van der Waals surface area (Å²) < 4.78 is 0.959. The average molecular weight is 342 g/mol. The number of aliphatic carboxylic acids is 1. The number of benzene rings is 1. The van der Waals surface area contributed by atoms with Crippen molar-refractivity contribution >= 4 is 45.4 Å². The second-order valence-corrected chi connectivity index (χ2v) is 6.96. The first-order chi connectivity index (χ1) is 9.06. The molecule has 0 aromatic heterocycles. The van der Waals surface area contributed by atoms with Gasteiger partial charge in [-0.2, -0.15) is 11.8 Å². The molecule has 1 unspecified atom stereocenters. The summed E-state index contributed by atoms with van der Waals surface area (Å²) in [6, 6.07) is 6.01. The fourth-order valence-electron chi connectivity index (χ4n) is 2.15. The highest BCUT2D eigenvalue weighted by molar-refractivity contribution is 9.10. The van der Waals surface area contributed by atoms with Crippen LogP contribution in [0.1, 0.15) is 12.5 Å². The molecule has 0 spiro atoms. The smallest absolute Gasteiger partial charge is 0.328 e. The normalized spacial score (nSPS) is 19.9. The number of thioether (sulfide) groups is 1. The van der Waals surface area contributed by atoms with Crippen LogP contribution in [-0.4, -0.2) is 35.2 Å². The van der Waals surface area contributed by atoms with Crippen LogP contribution in [0.15, 0.2) is 28.7 Å². The van der Waals surface area contributed by atoms with Crippen molar-refractivity contribution in [2.24, 2.45) is 0 Å². The van der Waals surface area contributed by atoms with E-state index in [0.29, 0.717) is 5.25 Å². The minimum atomic E-state index is -0.923. The van der Waals surface area contributed by atoms with Crippen molar-refractivity contribution < 1.29 is 9.90 Å². The molecule has 1 saturated heterocycles. The highest BCUT2D eigenvalue weighted by Gasteiger charge is 2.18. The number of carboxylic acid groups (broad SMARTS) is 1. The van der Waals surface area contributed by atoms with E-state index in [9.17, 15) is 4.79 Å². The van der Waals surface area contributed by atoms with E-state index >= 15 is 0 Å². The summed E-state index contributed by atoms with van der Waals surface area (Å²) in [6.07, 6.45) is 2.85. The highest BCUT2D eigenvalue weighted by atomic mass is 79.9. The molecule has 2 rings (SSSR count). The second-order valence-electron chi connectivity index (χ2n) is 4.50. The quantitative estimate of drug-likeness (QED) is 0.854. The molecule has 1 fully saturated rings. The molecule has 1 aliphatic heterocycles. The summed E-state index contributed by atoms with van der Waals surface area (Å²) >= 11 is 5.42. The van der Waals surface area contributed by atoms with Crippen LogP contribution in [0.25, 0.3) is 6.08 Å². The fraction of sp³-hybridized carbons (Fsp3) is 0.357. The number of anilines is 1. The largest absolute Gasteiger partial charge is 0.478 e. The number of carboxylic acids is 1. The summed E-state index contributed by atoms with van der Waals surface area (Å²) in [5.41, 5.74) is 2.05. The zero-order valence-corrected chi connectivity index (χ0v) is 13.1. The van der Waals surface area contributed by atoms with Crippen LogP contribution < -0.4 is 4.90 Å². The van der Waals surface area contributed by atoms with Crippen LogP contribution in [-0.2, 0) is 4.79 Å². The van der Waals surface area contributed by atoms with E-state index in [1.165, 1.54) is 6.08 Å². The molecule has 1 aliphatic rings. The monoisotopic (exact) mass is 341 g/mol. The van der Waals surface area contributed by atoms with E-state index in [0.717, 1.165) is 34.6 Å². The molecule has 0 bridgehead atoms. The first kappa shape index (κ1) is 14.5. The molecule has 3 nitrogen and oxygen atoms in total. The van der Waals surface area contributed by atoms with Gasteiger partial charge in [-0.25, -0.2) is 4.79 Å². The molecule has 1 N–H and O–H groups in total. The van der Waals surface area contributed by atoms with Gasteiger partial charge in [-0.15, -0.1) is 0 Å². The predicted octanol–water partition coefficient (Wildman–Crippen LogP) is 3.49. The summed E-state index contributed by atoms with van der Waals surface area (Å²) in [6.45, 7) is 4.23. The Morgan fingerprint density at radius 3 is 3.05 bits per heavy atom. The molecule has 1 aromatic carbocycles. The maximum atomic E-state index is 10.7. The fourth-order valence-corrected chi connectivity index (χ4v) is 3.54. The molecular formula is C14H16BrNO2S. The summed E-state index contributed by atoms with van der Waals surface area (Å²) in [5.74, 6) is 0.188. The third kappa shape index (κ3) is 4.01. The van der Waals surface area contributed by atoms with E-state index in [4.69, 9.17) is 5.11 Å². The molecular weight excluding hydrogens is 326 g/mol. The van der Waals surface area contributed by atoms with E-state index < -0.39 is 5.97 Å². The first-order valence-corrected chi connectivity index (χ1v) is 7.97. The lowest BCUT2D eigenvalue weighted by atomic mass is 10.1. The van der Waals surface area contributed by atoms with Gasteiger partial charge in [0.05, 0.1) is 0 Å². The minimum Gasteiger partial charge on any atom is -0.478 e. The van der Waals surface area contributed by atoms with Crippen LogP contribution in [0.4, 0.5) is 5.69 Å². The van der Waals surface area contributed by atoms with Gasteiger partial charge < -0.3 is 10.0 Å². The molecule has 19 heavy (non-hydrogen) atoms. The van der Waals surface area contributed by atoms with E-state index in [1.54, 1.807) is 6.08 Å². The van der Waals surface area contributed by atoms with Crippen LogP contribution in [0.2, 0.25) is 0 Å². The summed E-state index contributed by atoms with van der Waals surface area (Å²) in [7, 11) is 0. The van der Waals surface area contributed by atoms with Crippen molar-refractivity contribution in [3.8, 4) is 0 Å². The van der Waals surface area contributed by atoms with E-state index in [2.05, 4.69) is 27.8 Å². The number of nitrogens with zero attached hydrogens (tertiary/aromatic N) is 1. The third-order valence-electron chi connectivity index (χ3n) is 2.98. The van der Waals surface area contributed by atoms with Gasteiger partial charge in [-0.3, -0.25) is 0 Å². The maximum Gasteiger partial charge on any atom is 0.328 e. The molecule has 0 radical (unpaired) electrons. The molecule has 5 heteroatoms. The predicted molar refractivity (Wildman–Crippen MR) is 84.9 cm³/mol. The molecule has 1 atom stereocenters. The first-order valence-electron chi connectivity index (χ1n) is 6.13. The molecule has 0 amide bonds. The van der Waals surface area contributed by atoms with Gasteiger partial charge in [0.1, 0.15) is 0 Å². The van der Waals surface area contributed by atoms with Crippen LogP contribution in [0.5, 0.6) is 0 Å². The van der Waals surface area contributed by atoms with Crippen molar-refractivity contribution in [2.75, 3.05) is 23.7 Å². The van der Waals surface area contributed by atoms with Gasteiger partial charge >= 0.3 is 5.97 Å². The van der Waals surface area contributed by atoms with Crippen molar-refractivity contribution in [3.05, 3.63) is 34.3 Å². The zero-order valence-electron chi connectivity index (χ0n) is 10.7. The topological polar surface area (TPSA) is 40.5 Å². The maximum absolute atomic E-state index is 10.7. The third-order valence-corrected chi connectivity index (χ3v) is 4.61. The van der Waals surface area contributed by atoms with Crippen molar-refractivity contribution in [2.45, 2.75) is 12.2 Å². The highest BCUT2D eigenvalue weighted by Crippen LogP contribution is 2.29. The average Bonchev–Trinajstić information content (AvgIpc) is 2.36. The molecule has 1 heterocycles. The Labute approximate surface area is 125 Å². The number of rotatable bonds is 3. The zero-order chi connectivity index (χ0) is 13.8. The van der Waals surface area contributed by atoms with Gasteiger partial charge in [0, 0.05) is 40.3 Å². The van der Waals surface area contributed by atoms with Crippen LogP contribution in [0, 0.1) is 0 Å². The van der Waals surface area contributed by atoms with Crippen molar-refractivity contribution in [1.82, 2.24) is 0 Å². The number of hydrogen-bond donors (Lipinski definition) is 1. The van der Waals surface area contributed by atoms with Gasteiger partial charge in [-0.1, -0.05) is 22.9 Å². The van der Waals surface area contributed by atoms with E-state index in [-0.39, 0.29) is 0 Å². The van der Waals surface area contributed by atoms with Gasteiger partial charge in [0.2, 0.25) is 0 Å². The van der Waals surface area contributed by atoms with Crippen molar-refractivity contribution in [3.63, 3.8) is 0 Å². The SMILES string of the molecule is CC1CN(c2ccc(Br)cc2/C=C/C(=O)O)CCS1. The Hall–Kier alpha value is -0.940. The standard InChI is InChI=1S/C14H16BrNO2S/c1-10-9-16(6-7-19-10)13-4-3-12(15)8-11(13)2-5-14(17)18/h2-5,8,10H,6-7,9H2,1H3,(H,17,18)/b5-2+. The number of hydrogen-bond acceptors (Lipinski definition) is 3. The molecule has 1 aromatic rings. The Kier molecular flexibility index (Phi) is 4.93. The Morgan fingerprint density at radius 1 is 1.58 bits per heavy atom. The molecule has 0 aliphatic carbocycles. The lowest BCUT2D eigenvalue weighted by Crippen LogP contribution is -2.36. The van der Waals surface area contributed by atoms with Crippen LogP contribution >= 0.6 is 27.7 Å². The van der Waals surface area contributed by atoms with Crippen LogP contribution in [0.3, 0.4) is 0 Å². The van der Waals surface area contributed by atoms with Crippen molar-refractivity contribution in [1.29, 1.82) is 0 Å². The van der Waals surface area contributed by atoms with E-state index in [1.807, 2.05) is 30.0 Å². The summed E-state index contributed by atoms with van der Waals surface area (Å²) in [4.78, 5) is 13.0. The number of halogens is 1. The molecule has 102 valence electrons. The number of carbonyl (C=O) groups is 1. The lowest BCUT2D eigenvalue weighted by molar-refractivity contribution is -0.131. The Balaban J connectivity index is 2.30. The van der Waals surface area contributed by atoms with Gasteiger partial charge in [0.15, 0.2) is 0 Å². The molecule has 0 saturated carbocycles. The van der Waals surface area contributed by atoms with Gasteiger partial charge in [-0.05, 0) is 29.8 Å². The van der Waals surface area contributed by atoms with Gasteiger partial charge in [0.25, 0.3) is 0 Å². The lowest BCUT2D eigenvalue weighted by Gasteiger charge is -2.33. The Morgan fingerprint density at radius 2 is 2.37 bits per heavy atom. The minimum absolute atomic E-state index is 0.605.